The summed E-state index contributed by atoms with van der Waals surface area (Å²) in [5.74, 6) is 0.687. The van der Waals surface area contributed by atoms with Gasteiger partial charge in [0.05, 0.1) is 11.6 Å². The zero-order chi connectivity index (χ0) is 7.84. The van der Waals surface area contributed by atoms with E-state index in [1.54, 1.807) is 6.20 Å². The van der Waals surface area contributed by atoms with Gasteiger partial charge in [0.2, 0.25) is 0 Å². The number of fused-ring (bicyclic) bond motifs is 1. The van der Waals surface area contributed by atoms with E-state index < -0.39 is 0 Å². The predicted molar refractivity (Wildman–Crippen MR) is 45.0 cm³/mol. The molecule has 0 unspecified atom stereocenters. The van der Waals surface area contributed by atoms with E-state index in [0.29, 0.717) is 11.0 Å². The normalized spacial score (nSPS) is 10.7. The van der Waals surface area contributed by atoms with E-state index in [4.69, 9.17) is 11.6 Å². The zero-order valence-electron chi connectivity index (χ0n) is 5.71. The van der Waals surface area contributed by atoms with Crippen LogP contribution in [0.1, 0.15) is 5.82 Å². The summed E-state index contributed by atoms with van der Waals surface area (Å²) in [5, 5.41) is 1.32. The summed E-state index contributed by atoms with van der Waals surface area (Å²) >= 11 is 7.15. The molecular weight excluding hydrogens is 182 g/mol. The van der Waals surface area contributed by atoms with Gasteiger partial charge in [0, 0.05) is 0 Å². The first kappa shape index (κ1) is 6.94. The van der Waals surface area contributed by atoms with Gasteiger partial charge in [0.15, 0.2) is 0 Å². The molecule has 2 rings (SSSR count). The highest BCUT2D eigenvalue weighted by molar-refractivity contribution is 7.12. The molecule has 2 aromatic heterocycles. The first-order chi connectivity index (χ1) is 5.27. The van der Waals surface area contributed by atoms with Crippen LogP contribution in [-0.4, -0.2) is 14.3 Å². The van der Waals surface area contributed by atoms with Crippen LogP contribution in [0.5, 0.6) is 0 Å². The topological polar surface area (TPSA) is 38.7 Å². The van der Waals surface area contributed by atoms with Crippen molar-refractivity contribution in [2.75, 3.05) is 0 Å². The lowest BCUT2D eigenvalue weighted by Crippen LogP contribution is -1.86. The summed E-state index contributed by atoms with van der Waals surface area (Å²) in [6.07, 6.45) is 1.68. The van der Waals surface area contributed by atoms with Gasteiger partial charge in [-0.2, -0.15) is 4.37 Å². The van der Waals surface area contributed by atoms with Gasteiger partial charge in [-0.3, -0.25) is 0 Å². The number of aromatic nitrogens is 3. The van der Waals surface area contributed by atoms with Crippen molar-refractivity contribution >= 4 is 33.4 Å². The van der Waals surface area contributed by atoms with Crippen molar-refractivity contribution in [1.82, 2.24) is 14.3 Å². The molecule has 0 aromatic carbocycles. The Kier molecular flexibility index (Phi) is 1.51. The van der Waals surface area contributed by atoms with Gasteiger partial charge in [0.1, 0.15) is 15.8 Å². The van der Waals surface area contributed by atoms with Gasteiger partial charge in [0.25, 0.3) is 0 Å². The lowest BCUT2D eigenvalue weighted by Gasteiger charge is -1.92. The molecule has 5 heteroatoms. The fourth-order valence-electron chi connectivity index (χ4n) is 0.830. The monoisotopic (exact) mass is 185 g/mol. The first-order valence-electron chi connectivity index (χ1n) is 3.02. The molecule has 2 aromatic rings. The van der Waals surface area contributed by atoms with E-state index in [1.165, 1.54) is 11.5 Å². The van der Waals surface area contributed by atoms with E-state index in [0.717, 1.165) is 10.2 Å². The van der Waals surface area contributed by atoms with Crippen LogP contribution in [0.2, 0.25) is 5.15 Å². The van der Waals surface area contributed by atoms with Crippen molar-refractivity contribution < 1.29 is 0 Å². The third-order valence-corrected chi connectivity index (χ3v) is 2.28. The lowest BCUT2D eigenvalue weighted by atomic mass is 10.4. The third-order valence-electron chi connectivity index (χ3n) is 1.30. The highest BCUT2D eigenvalue weighted by Gasteiger charge is 2.04. The molecule has 0 saturated carbocycles. The molecule has 0 spiro atoms. The molecule has 0 radical (unpaired) electrons. The Morgan fingerprint density at radius 3 is 3.09 bits per heavy atom. The van der Waals surface area contributed by atoms with Crippen molar-refractivity contribution in [3.63, 3.8) is 0 Å². The average molecular weight is 186 g/mol. The Morgan fingerprint density at radius 2 is 2.27 bits per heavy atom. The van der Waals surface area contributed by atoms with Crippen molar-refractivity contribution in [3.8, 4) is 0 Å². The Balaban J connectivity index is 2.91. The molecule has 0 fully saturated rings. The van der Waals surface area contributed by atoms with Crippen LogP contribution >= 0.6 is 23.1 Å². The van der Waals surface area contributed by atoms with Crippen LogP contribution in [0.15, 0.2) is 6.20 Å². The van der Waals surface area contributed by atoms with Crippen molar-refractivity contribution in [1.29, 1.82) is 0 Å². The summed E-state index contributed by atoms with van der Waals surface area (Å²) in [7, 11) is 0. The SMILES string of the molecule is Cc1nc(Cl)c2cnsc2n1. The quantitative estimate of drug-likeness (QED) is 0.590. The minimum absolute atomic E-state index is 0.487. The van der Waals surface area contributed by atoms with Crippen LogP contribution in [0.4, 0.5) is 0 Å². The number of hydrogen-bond acceptors (Lipinski definition) is 4. The second-order valence-electron chi connectivity index (χ2n) is 2.11. The minimum atomic E-state index is 0.487. The molecule has 11 heavy (non-hydrogen) atoms. The molecule has 56 valence electrons. The maximum absolute atomic E-state index is 5.82. The number of hydrogen-bond donors (Lipinski definition) is 0. The maximum atomic E-state index is 5.82. The maximum Gasteiger partial charge on any atom is 0.148 e. The summed E-state index contributed by atoms with van der Waals surface area (Å²) in [4.78, 5) is 9.00. The van der Waals surface area contributed by atoms with E-state index >= 15 is 0 Å². The number of rotatable bonds is 0. The molecule has 2 heterocycles. The van der Waals surface area contributed by atoms with Crippen molar-refractivity contribution in [3.05, 3.63) is 17.2 Å². The second-order valence-corrected chi connectivity index (χ2v) is 3.24. The van der Waals surface area contributed by atoms with E-state index in [-0.39, 0.29) is 0 Å². The summed E-state index contributed by atoms with van der Waals surface area (Å²) in [6.45, 7) is 1.81. The standard InChI is InChI=1S/C6H4ClN3S/c1-3-9-5(7)4-2-8-11-6(4)10-3/h2H,1H3. The van der Waals surface area contributed by atoms with Crippen molar-refractivity contribution in [2.24, 2.45) is 0 Å². The molecule has 0 aliphatic rings. The van der Waals surface area contributed by atoms with E-state index in [1.807, 2.05) is 6.92 Å². The Bertz CT molecular complexity index is 398. The van der Waals surface area contributed by atoms with Crippen molar-refractivity contribution in [2.45, 2.75) is 6.92 Å². The fraction of sp³-hybridized carbons (Fsp3) is 0.167. The second kappa shape index (κ2) is 2.39. The summed E-state index contributed by atoms with van der Waals surface area (Å²) in [5.41, 5.74) is 0. The van der Waals surface area contributed by atoms with Crippen LogP contribution in [0.3, 0.4) is 0 Å². The summed E-state index contributed by atoms with van der Waals surface area (Å²) in [6, 6.07) is 0. The van der Waals surface area contributed by atoms with Gasteiger partial charge in [-0.05, 0) is 18.5 Å². The Morgan fingerprint density at radius 1 is 1.45 bits per heavy atom. The Hall–Kier alpha value is -0.740. The molecular formula is C6H4ClN3S. The molecule has 0 aliphatic carbocycles. The van der Waals surface area contributed by atoms with Crippen LogP contribution in [0, 0.1) is 6.92 Å². The van der Waals surface area contributed by atoms with Crippen LogP contribution < -0.4 is 0 Å². The molecule has 0 N–H and O–H groups in total. The van der Waals surface area contributed by atoms with Gasteiger partial charge < -0.3 is 0 Å². The zero-order valence-corrected chi connectivity index (χ0v) is 7.28. The minimum Gasteiger partial charge on any atom is -0.221 e. The number of nitrogens with zero attached hydrogens (tertiary/aromatic N) is 3. The highest BCUT2D eigenvalue weighted by Crippen LogP contribution is 2.21. The summed E-state index contributed by atoms with van der Waals surface area (Å²) < 4.78 is 3.96. The molecule has 0 atom stereocenters. The lowest BCUT2D eigenvalue weighted by molar-refractivity contribution is 1.10. The molecule has 0 saturated heterocycles. The fourth-order valence-corrected chi connectivity index (χ4v) is 1.83. The van der Waals surface area contributed by atoms with E-state index in [9.17, 15) is 0 Å². The van der Waals surface area contributed by atoms with Gasteiger partial charge >= 0.3 is 0 Å². The Labute approximate surface area is 72.2 Å². The number of aryl methyl sites for hydroxylation is 1. The number of halogens is 1. The molecule has 0 amide bonds. The van der Waals surface area contributed by atoms with Gasteiger partial charge in [-0.15, -0.1) is 0 Å². The molecule has 3 nitrogen and oxygen atoms in total. The predicted octanol–water partition coefficient (Wildman–Crippen LogP) is 2.05. The largest absolute Gasteiger partial charge is 0.221 e. The highest BCUT2D eigenvalue weighted by atomic mass is 35.5. The van der Waals surface area contributed by atoms with Gasteiger partial charge in [-0.25, -0.2) is 9.97 Å². The van der Waals surface area contributed by atoms with Crippen LogP contribution in [0.25, 0.3) is 10.2 Å². The van der Waals surface area contributed by atoms with Gasteiger partial charge in [-0.1, -0.05) is 11.6 Å². The first-order valence-corrected chi connectivity index (χ1v) is 4.17. The smallest absolute Gasteiger partial charge is 0.148 e. The molecule has 0 aliphatic heterocycles. The third kappa shape index (κ3) is 1.08. The molecule has 0 bridgehead atoms. The van der Waals surface area contributed by atoms with Crippen LogP contribution in [-0.2, 0) is 0 Å². The van der Waals surface area contributed by atoms with E-state index in [2.05, 4.69) is 14.3 Å². The average Bonchev–Trinajstić information content (AvgIpc) is 2.34.